The standard InChI is InChI=1S/C13H14N6O/c20-13-3-6-14-7-11(10-1-4-15-8-17-10)19(13)12-2-5-16-9-18-12/h1-2,4-5,8-9,11,14H,3,6-7H2. The van der Waals surface area contributed by atoms with Gasteiger partial charge in [-0.05, 0) is 12.1 Å². The van der Waals surface area contributed by atoms with Gasteiger partial charge in [-0.3, -0.25) is 9.69 Å². The van der Waals surface area contributed by atoms with E-state index >= 15 is 0 Å². The number of carbonyl (C=O) groups is 1. The maximum atomic E-state index is 12.4. The van der Waals surface area contributed by atoms with Crippen LogP contribution in [0, 0.1) is 0 Å². The second kappa shape index (κ2) is 5.70. The molecule has 0 aromatic carbocycles. The van der Waals surface area contributed by atoms with Crippen molar-refractivity contribution >= 4 is 11.7 Å². The van der Waals surface area contributed by atoms with Crippen molar-refractivity contribution in [2.24, 2.45) is 0 Å². The monoisotopic (exact) mass is 270 g/mol. The molecule has 7 heteroatoms. The van der Waals surface area contributed by atoms with E-state index < -0.39 is 0 Å². The molecule has 0 saturated carbocycles. The van der Waals surface area contributed by atoms with Gasteiger partial charge in [0, 0.05) is 31.9 Å². The highest BCUT2D eigenvalue weighted by Crippen LogP contribution is 2.25. The summed E-state index contributed by atoms with van der Waals surface area (Å²) in [5.41, 5.74) is 0.793. The Morgan fingerprint density at radius 3 is 2.65 bits per heavy atom. The molecule has 0 bridgehead atoms. The largest absolute Gasteiger partial charge is 0.314 e. The van der Waals surface area contributed by atoms with Crippen LogP contribution in [0.15, 0.2) is 37.2 Å². The van der Waals surface area contributed by atoms with E-state index in [0.29, 0.717) is 25.3 Å². The zero-order valence-electron chi connectivity index (χ0n) is 10.8. The van der Waals surface area contributed by atoms with Crippen LogP contribution in [-0.4, -0.2) is 38.9 Å². The summed E-state index contributed by atoms with van der Waals surface area (Å²) >= 11 is 0. The molecule has 1 atom stereocenters. The number of nitrogens with zero attached hydrogens (tertiary/aromatic N) is 5. The van der Waals surface area contributed by atoms with Gasteiger partial charge < -0.3 is 5.32 Å². The molecule has 1 amide bonds. The zero-order chi connectivity index (χ0) is 13.8. The molecule has 2 aromatic heterocycles. The molecule has 3 rings (SSSR count). The molecule has 3 heterocycles. The van der Waals surface area contributed by atoms with E-state index in [1.807, 2.05) is 6.07 Å². The summed E-state index contributed by atoms with van der Waals surface area (Å²) < 4.78 is 0. The highest BCUT2D eigenvalue weighted by Gasteiger charge is 2.30. The first-order valence-corrected chi connectivity index (χ1v) is 6.41. The van der Waals surface area contributed by atoms with Crippen molar-refractivity contribution in [3.8, 4) is 0 Å². The first-order chi connectivity index (χ1) is 9.86. The molecule has 2 aromatic rings. The molecule has 7 nitrogen and oxygen atoms in total. The Hall–Kier alpha value is -2.41. The molecule has 1 N–H and O–H groups in total. The fourth-order valence-corrected chi connectivity index (χ4v) is 2.27. The Labute approximate surface area is 116 Å². The van der Waals surface area contributed by atoms with Gasteiger partial charge in [-0.25, -0.2) is 19.9 Å². The number of hydrogen-bond acceptors (Lipinski definition) is 6. The molecule has 0 spiro atoms. The third kappa shape index (κ3) is 2.48. The summed E-state index contributed by atoms with van der Waals surface area (Å²) in [6.07, 6.45) is 6.67. The van der Waals surface area contributed by atoms with Gasteiger partial charge in [-0.15, -0.1) is 0 Å². The summed E-state index contributed by atoms with van der Waals surface area (Å²) in [6, 6.07) is 3.36. The molecular formula is C13H14N6O. The van der Waals surface area contributed by atoms with E-state index in [4.69, 9.17) is 0 Å². The molecule has 1 unspecified atom stereocenters. The number of carbonyl (C=O) groups excluding carboxylic acids is 1. The normalized spacial score (nSPS) is 19.7. The van der Waals surface area contributed by atoms with Crippen LogP contribution in [0.2, 0.25) is 0 Å². The highest BCUT2D eigenvalue weighted by atomic mass is 16.2. The van der Waals surface area contributed by atoms with Gasteiger partial charge in [-0.1, -0.05) is 0 Å². The van der Waals surface area contributed by atoms with Gasteiger partial charge in [0.2, 0.25) is 5.91 Å². The lowest BCUT2D eigenvalue weighted by atomic mass is 10.1. The van der Waals surface area contributed by atoms with Crippen LogP contribution in [0.25, 0.3) is 0 Å². The molecule has 20 heavy (non-hydrogen) atoms. The number of nitrogens with one attached hydrogen (secondary N) is 1. The Morgan fingerprint density at radius 2 is 1.95 bits per heavy atom. The highest BCUT2D eigenvalue weighted by molar-refractivity contribution is 5.93. The molecular weight excluding hydrogens is 256 g/mol. The van der Waals surface area contributed by atoms with Crippen molar-refractivity contribution in [1.29, 1.82) is 0 Å². The maximum absolute atomic E-state index is 12.4. The van der Waals surface area contributed by atoms with Crippen molar-refractivity contribution in [2.75, 3.05) is 18.0 Å². The van der Waals surface area contributed by atoms with E-state index in [9.17, 15) is 4.79 Å². The van der Waals surface area contributed by atoms with Crippen LogP contribution < -0.4 is 10.2 Å². The Kier molecular flexibility index (Phi) is 3.60. The third-order valence-electron chi connectivity index (χ3n) is 3.19. The number of rotatable bonds is 2. The fraction of sp³-hybridized carbons (Fsp3) is 0.308. The Balaban J connectivity index is 2.02. The lowest BCUT2D eigenvalue weighted by Gasteiger charge is -2.28. The minimum atomic E-state index is -0.192. The summed E-state index contributed by atoms with van der Waals surface area (Å²) in [4.78, 5) is 30.3. The smallest absolute Gasteiger partial charge is 0.230 e. The van der Waals surface area contributed by atoms with Crippen molar-refractivity contribution in [2.45, 2.75) is 12.5 Å². The molecule has 0 radical (unpaired) electrons. The number of amides is 1. The third-order valence-corrected chi connectivity index (χ3v) is 3.19. The van der Waals surface area contributed by atoms with Gasteiger partial charge in [-0.2, -0.15) is 0 Å². The molecule has 1 aliphatic heterocycles. The van der Waals surface area contributed by atoms with Crippen molar-refractivity contribution < 1.29 is 4.79 Å². The van der Waals surface area contributed by atoms with Gasteiger partial charge in [0.25, 0.3) is 0 Å². The second-order valence-electron chi connectivity index (χ2n) is 4.44. The predicted octanol–water partition coefficient (Wildman–Crippen LogP) is 0.334. The average Bonchev–Trinajstić information content (AvgIpc) is 2.71. The lowest BCUT2D eigenvalue weighted by molar-refractivity contribution is -0.118. The SMILES string of the molecule is O=C1CCNCC(c2ccncn2)N1c1ccncn1. The van der Waals surface area contributed by atoms with Crippen molar-refractivity contribution in [3.63, 3.8) is 0 Å². The van der Waals surface area contributed by atoms with Gasteiger partial charge >= 0.3 is 0 Å². The van der Waals surface area contributed by atoms with Crippen LogP contribution in [-0.2, 0) is 4.79 Å². The Morgan fingerprint density at radius 1 is 1.15 bits per heavy atom. The lowest BCUT2D eigenvalue weighted by Crippen LogP contribution is -2.37. The first kappa shape index (κ1) is 12.6. The molecule has 1 aliphatic rings. The predicted molar refractivity (Wildman–Crippen MR) is 71.8 cm³/mol. The summed E-state index contributed by atoms with van der Waals surface area (Å²) in [7, 11) is 0. The van der Waals surface area contributed by atoms with Crippen LogP contribution in [0.3, 0.4) is 0 Å². The number of anilines is 1. The van der Waals surface area contributed by atoms with E-state index in [0.717, 1.165) is 5.69 Å². The summed E-state index contributed by atoms with van der Waals surface area (Å²) in [5.74, 6) is 0.620. The van der Waals surface area contributed by atoms with Crippen LogP contribution >= 0.6 is 0 Å². The maximum Gasteiger partial charge on any atom is 0.230 e. The fourth-order valence-electron chi connectivity index (χ4n) is 2.27. The minimum absolute atomic E-state index is 0.0253. The van der Waals surface area contributed by atoms with E-state index in [2.05, 4.69) is 25.3 Å². The number of aromatic nitrogens is 4. The molecule has 1 saturated heterocycles. The van der Waals surface area contributed by atoms with E-state index in [-0.39, 0.29) is 11.9 Å². The second-order valence-corrected chi connectivity index (χ2v) is 4.44. The van der Waals surface area contributed by atoms with Gasteiger partial charge in [0.05, 0.1) is 11.7 Å². The number of hydrogen-bond donors (Lipinski definition) is 1. The topological polar surface area (TPSA) is 83.9 Å². The molecule has 0 aliphatic carbocycles. The zero-order valence-corrected chi connectivity index (χ0v) is 10.8. The summed E-state index contributed by atoms with van der Waals surface area (Å²) in [6.45, 7) is 1.29. The van der Waals surface area contributed by atoms with Crippen molar-refractivity contribution in [1.82, 2.24) is 25.3 Å². The van der Waals surface area contributed by atoms with Crippen molar-refractivity contribution in [3.05, 3.63) is 42.9 Å². The van der Waals surface area contributed by atoms with Crippen LogP contribution in [0.1, 0.15) is 18.2 Å². The van der Waals surface area contributed by atoms with Gasteiger partial charge in [0.1, 0.15) is 18.5 Å². The minimum Gasteiger partial charge on any atom is -0.314 e. The quantitative estimate of drug-likeness (QED) is 0.847. The van der Waals surface area contributed by atoms with E-state index in [1.54, 1.807) is 23.4 Å². The Bertz CT molecular complexity index is 576. The molecule has 1 fully saturated rings. The molecule has 102 valence electrons. The van der Waals surface area contributed by atoms with E-state index in [1.165, 1.54) is 12.7 Å². The van der Waals surface area contributed by atoms with Crippen LogP contribution in [0.4, 0.5) is 5.82 Å². The summed E-state index contributed by atoms with van der Waals surface area (Å²) in [5, 5.41) is 3.26. The van der Waals surface area contributed by atoms with Crippen LogP contribution in [0.5, 0.6) is 0 Å². The average molecular weight is 270 g/mol. The van der Waals surface area contributed by atoms with Gasteiger partial charge in [0.15, 0.2) is 0 Å². The first-order valence-electron chi connectivity index (χ1n) is 6.41.